The molecular weight excluding hydrogens is 404 g/mol. The predicted octanol–water partition coefficient (Wildman–Crippen LogP) is 3.59. The van der Waals surface area contributed by atoms with Crippen molar-refractivity contribution in [3.05, 3.63) is 58.9 Å². The van der Waals surface area contributed by atoms with Crippen LogP contribution in [-0.4, -0.2) is 46.4 Å². The van der Waals surface area contributed by atoms with Gasteiger partial charge in [-0.3, -0.25) is 9.59 Å². The van der Waals surface area contributed by atoms with Crippen molar-refractivity contribution in [3.63, 3.8) is 0 Å². The summed E-state index contributed by atoms with van der Waals surface area (Å²) in [4.78, 5) is 45.1. The molecule has 2 saturated heterocycles. The summed E-state index contributed by atoms with van der Waals surface area (Å²) in [6.45, 7) is 4.60. The topological polar surface area (TPSA) is 82.6 Å². The number of benzene rings is 1. The maximum absolute atomic E-state index is 13.0. The second-order valence-electron chi connectivity index (χ2n) is 7.97. The Hall–Kier alpha value is -2.93. The van der Waals surface area contributed by atoms with Crippen molar-refractivity contribution in [2.75, 3.05) is 11.4 Å². The van der Waals surface area contributed by atoms with Crippen LogP contribution in [0.25, 0.3) is 0 Å². The molecule has 0 bridgehead atoms. The van der Waals surface area contributed by atoms with Crippen molar-refractivity contribution in [2.45, 2.75) is 44.7 Å². The SMILES string of the molecule is CC(C)c1ccc(N2C(=O)[C@H]3C[C@@H](NC(=O)c4ccnc(Cl)c4)CCN3C2=O)cc1. The molecule has 0 aliphatic carbocycles. The van der Waals surface area contributed by atoms with E-state index in [9.17, 15) is 14.4 Å². The summed E-state index contributed by atoms with van der Waals surface area (Å²) in [7, 11) is 0. The van der Waals surface area contributed by atoms with Gasteiger partial charge in [-0.1, -0.05) is 37.6 Å². The highest BCUT2D eigenvalue weighted by molar-refractivity contribution is 6.29. The lowest BCUT2D eigenvalue weighted by molar-refractivity contribution is -0.120. The van der Waals surface area contributed by atoms with Crippen molar-refractivity contribution in [1.29, 1.82) is 0 Å². The molecule has 8 heteroatoms. The quantitative estimate of drug-likeness (QED) is 0.598. The fraction of sp³-hybridized carbons (Fsp3) is 0.364. The number of aromatic nitrogens is 1. The van der Waals surface area contributed by atoms with E-state index < -0.39 is 6.04 Å². The summed E-state index contributed by atoms with van der Waals surface area (Å²) in [6, 6.07) is 9.54. The smallest absolute Gasteiger partial charge is 0.332 e. The second-order valence-corrected chi connectivity index (χ2v) is 8.36. The number of urea groups is 1. The summed E-state index contributed by atoms with van der Waals surface area (Å²) >= 11 is 5.86. The maximum atomic E-state index is 13.0. The normalized spacial score (nSPS) is 21.2. The van der Waals surface area contributed by atoms with E-state index in [0.717, 1.165) is 5.56 Å². The number of nitrogens with one attached hydrogen (secondary N) is 1. The minimum atomic E-state index is -0.567. The Morgan fingerprint density at radius 2 is 1.93 bits per heavy atom. The average Bonchev–Trinajstić information content (AvgIpc) is 2.98. The first-order chi connectivity index (χ1) is 14.3. The van der Waals surface area contributed by atoms with Crippen LogP contribution < -0.4 is 10.2 Å². The van der Waals surface area contributed by atoms with Crippen LogP contribution in [0.1, 0.15) is 48.5 Å². The molecule has 4 amide bonds. The van der Waals surface area contributed by atoms with E-state index in [4.69, 9.17) is 11.6 Å². The van der Waals surface area contributed by atoms with E-state index in [1.54, 1.807) is 11.0 Å². The van der Waals surface area contributed by atoms with Gasteiger partial charge in [0.05, 0.1) is 5.69 Å². The third-order valence-electron chi connectivity index (χ3n) is 5.69. The molecule has 7 nitrogen and oxygen atoms in total. The van der Waals surface area contributed by atoms with E-state index in [0.29, 0.717) is 36.6 Å². The molecule has 2 fully saturated rings. The lowest BCUT2D eigenvalue weighted by Crippen LogP contribution is -2.49. The van der Waals surface area contributed by atoms with Crippen molar-refractivity contribution >= 4 is 35.1 Å². The first-order valence-corrected chi connectivity index (χ1v) is 10.4. The number of pyridine rings is 1. The van der Waals surface area contributed by atoms with Crippen LogP contribution in [-0.2, 0) is 4.79 Å². The lowest BCUT2D eigenvalue weighted by Gasteiger charge is -2.32. The molecule has 4 rings (SSSR count). The van der Waals surface area contributed by atoms with E-state index in [1.807, 2.05) is 24.3 Å². The average molecular weight is 427 g/mol. The zero-order valence-electron chi connectivity index (χ0n) is 16.8. The van der Waals surface area contributed by atoms with Crippen LogP contribution in [0.15, 0.2) is 42.6 Å². The number of hydrogen-bond acceptors (Lipinski definition) is 4. The van der Waals surface area contributed by atoms with Crippen LogP contribution in [0.5, 0.6) is 0 Å². The van der Waals surface area contributed by atoms with Crippen molar-refractivity contribution in [2.24, 2.45) is 0 Å². The fourth-order valence-electron chi connectivity index (χ4n) is 3.99. The number of piperidine rings is 1. The molecule has 1 aromatic heterocycles. The van der Waals surface area contributed by atoms with Crippen LogP contribution in [0.3, 0.4) is 0 Å². The molecule has 30 heavy (non-hydrogen) atoms. The standard InChI is InChI=1S/C22H23ClN4O3/c1-13(2)14-3-5-17(6-4-14)27-21(29)18-12-16(8-10-26(18)22(27)30)25-20(28)15-7-9-24-19(23)11-15/h3-7,9,11,13,16,18H,8,10,12H2,1-2H3,(H,25,28)/t16-,18+/m0/s1. The maximum Gasteiger partial charge on any atom is 0.332 e. The second kappa shape index (κ2) is 8.07. The highest BCUT2D eigenvalue weighted by Crippen LogP contribution is 2.31. The zero-order valence-corrected chi connectivity index (χ0v) is 17.6. The molecule has 156 valence electrons. The van der Waals surface area contributed by atoms with Crippen molar-refractivity contribution in [3.8, 4) is 0 Å². The Balaban J connectivity index is 1.47. The first-order valence-electron chi connectivity index (χ1n) is 10.0. The third kappa shape index (κ3) is 3.77. The Bertz CT molecular complexity index is 992. The van der Waals surface area contributed by atoms with Gasteiger partial charge in [0.15, 0.2) is 0 Å². The summed E-state index contributed by atoms with van der Waals surface area (Å²) < 4.78 is 0. The molecule has 2 atom stereocenters. The Labute approximate surface area is 180 Å². The molecule has 2 aliphatic rings. The van der Waals surface area contributed by atoms with Gasteiger partial charge in [-0.05, 0) is 48.6 Å². The van der Waals surface area contributed by atoms with Gasteiger partial charge in [-0.2, -0.15) is 0 Å². The molecule has 0 saturated carbocycles. The molecule has 0 radical (unpaired) electrons. The number of fused-ring (bicyclic) bond motifs is 1. The molecule has 2 aliphatic heterocycles. The van der Waals surface area contributed by atoms with Crippen LogP contribution in [0.2, 0.25) is 5.15 Å². The van der Waals surface area contributed by atoms with E-state index >= 15 is 0 Å². The number of halogens is 1. The number of carbonyl (C=O) groups excluding carboxylic acids is 3. The van der Waals surface area contributed by atoms with E-state index in [-0.39, 0.29) is 29.0 Å². The van der Waals surface area contributed by atoms with Crippen LogP contribution >= 0.6 is 11.6 Å². The molecule has 0 spiro atoms. The minimum absolute atomic E-state index is 0.203. The summed E-state index contributed by atoms with van der Waals surface area (Å²) in [6.07, 6.45) is 2.44. The number of carbonyl (C=O) groups is 3. The van der Waals surface area contributed by atoms with E-state index in [2.05, 4.69) is 24.1 Å². The molecule has 1 N–H and O–H groups in total. The highest BCUT2D eigenvalue weighted by Gasteiger charge is 2.48. The summed E-state index contributed by atoms with van der Waals surface area (Å²) in [5, 5.41) is 3.19. The number of nitrogens with zero attached hydrogens (tertiary/aromatic N) is 3. The number of hydrogen-bond donors (Lipinski definition) is 1. The number of rotatable bonds is 4. The Morgan fingerprint density at radius 1 is 1.20 bits per heavy atom. The lowest BCUT2D eigenvalue weighted by atomic mass is 9.97. The summed E-state index contributed by atoms with van der Waals surface area (Å²) in [5.74, 6) is -0.145. The van der Waals surface area contributed by atoms with Gasteiger partial charge in [0.1, 0.15) is 11.2 Å². The molecule has 3 heterocycles. The van der Waals surface area contributed by atoms with Gasteiger partial charge in [-0.25, -0.2) is 14.7 Å². The van der Waals surface area contributed by atoms with Gasteiger partial charge < -0.3 is 10.2 Å². The van der Waals surface area contributed by atoms with Gasteiger partial charge in [0.2, 0.25) is 0 Å². The number of imide groups is 1. The predicted molar refractivity (Wildman–Crippen MR) is 114 cm³/mol. The van der Waals surface area contributed by atoms with Crippen molar-refractivity contribution < 1.29 is 14.4 Å². The highest BCUT2D eigenvalue weighted by atomic mass is 35.5. The van der Waals surface area contributed by atoms with Crippen LogP contribution in [0.4, 0.5) is 10.5 Å². The van der Waals surface area contributed by atoms with Gasteiger partial charge in [0, 0.05) is 24.3 Å². The minimum Gasteiger partial charge on any atom is -0.349 e. The Kier molecular flexibility index (Phi) is 5.47. The fourth-order valence-corrected chi connectivity index (χ4v) is 4.16. The molecule has 0 unspecified atom stereocenters. The third-order valence-corrected chi connectivity index (χ3v) is 5.89. The monoisotopic (exact) mass is 426 g/mol. The van der Waals surface area contributed by atoms with Crippen LogP contribution in [0, 0.1) is 0 Å². The largest absolute Gasteiger partial charge is 0.349 e. The summed E-state index contributed by atoms with van der Waals surface area (Å²) in [5.41, 5.74) is 2.14. The molecule has 1 aromatic carbocycles. The van der Waals surface area contributed by atoms with Gasteiger partial charge >= 0.3 is 6.03 Å². The van der Waals surface area contributed by atoms with Gasteiger partial charge in [0.25, 0.3) is 11.8 Å². The zero-order chi connectivity index (χ0) is 21.4. The molecular formula is C22H23ClN4O3. The number of anilines is 1. The first kappa shape index (κ1) is 20.3. The van der Waals surface area contributed by atoms with Gasteiger partial charge in [-0.15, -0.1) is 0 Å². The van der Waals surface area contributed by atoms with Crippen molar-refractivity contribution in [1.82, 2.24) is 15.2 Å². The molecule has 2 aromatic rings. The number of amides is 4. The van der Waals surface area contributed by atoms with E-state index in [1.165, 1.54) is 17.2 Å². The Morgan fingerprint density at radius 3 is 2.60 bits per heavy atom.